The Morgan fingerprint density at radius 3 is 2.46 bits per heavy atom. The van der Waals surface area contributed by atoms with Crippen LogP contribution in [0.3, 0.4) is 0 Å². The molecule has 0 spiro atoms. The van der Waals surface area contributed by atoms with Crippen LogP contribution in [0, 0.1) is 13.0 Å². The average molecular weight is 519 g/mol. The van der Waals surface area contributed by atoms with Crippen LogP contribution in [0.1, 0.15) is 23.0 Å². The maximum atomic E-state index is 11.1. The molecule has 0 aliphatic carbocycles. The Bertz CT molecular complexity index is 976. The summed E-state index contributed by atoms with van der Waals surface area (Å²) in [6.07, 6.45) is 3.52. The van der Waals surface area contributed by atoms with Crippen molar-refractivity contribution in [1.29, 1.82) is 0 Å². The summed E-state index contributed by atoms with van der Waals surface area (Å²) in [5.41, 5.74) is 3.82. The van der Waals surface area contributed by atoms with Gasteiger partial charge >= 0.3 is 0 Å². The second-order valence-corrected chi connectivity index (χ2v) is 5.74. The Balaban J connectivity index is 0.000000180. The molecule has 0 saturated carbocycles. The van der Waals surface area contributed by atoms with Crippen molar-refractivity contribution in [3.05, 3.63) is 90.4 Å². The molecule has 0 amide bonds. The molecule has 0 atom stereocenters. The van der Waals surface area contributed by atoms with E-state index in [1.807, 2.05) is 54.6 Å². The first-order chi connectivity index (χ1) is 12.1. The van der Waals surface area contributed by atoms with Gasteiger partial charge in [-0.1, -0.05) is 49.0 Å². The van der Waals surface area contributed by atoms with Crippen molar-refractivity contribution in [2.75, 3.05) is 0 Å². The quantitative estimate of drug-likeness (QED) is 0.281. The molecule has 2 heterocycles. The van der Waals surface area contributed by atoms with Crippen molar-refractivity contribution in [2.24, 2.45) is 0 Å². The van der Waals surface area contributed by atoms with E-state index < -0.39 is 0 Å². The van der Waals surface area contributed by atoms with Crippen molar-refractivity contribution >= 4 is 16.6 Å². The summed E-state index contributed by atoms with van der Waals surface area (Å²) in [7, 11) is 0. The molecule has 2 aromatic heterocycles. The third-order valence-corrected chi connectivity index (χ3v) is 3.79. The van der Waals surface area contributed by atoms with Gasteiger partial charge in [-0.3, -0.25) is 4.79 Å². The minimum Gasteiger partial charge on any atom is -0.660 e. The molecule has 26 heavy (non-hydrogen) atoms. The van der Waals surface area contributed by atoms with Gasteiger partial charge in [-0.25, -0.2) is 0 Å². The number of pyridine rings is 1. The fourth-order valence-electron chi connectivity index (χ4n) is 2.49. The van der Waals surface area contributed by atoms with Gasteiger partial charge in [0, 0.05) is 26.3 Å². The fraction of sp³-hybridized carbons (Fsp3) is 0.0909. The topological polar surface area (TPSA) is 44.1 Å². The van der Waals surface area contributed by atoms with E-state index in [9.17, 15) is 4.79 Å². The predicted octanol–water partition coefficient (Wildman–Crippen LogP) is 4.85. The fourth-order valence-corrected chi connectivity index (χ4v) is 2.49. The molecule has 4 rings (SSSR count). The zero-order valence-electron chi connectivity index (χ0n) is 14.6. The number of carbonyl (C=O) groups excluding carboxylic acids is 1. The van der Waals surface area contributed by atoms with Gasteiger partial charge in [0.25, 0.3) is 0 Å². The summed E-state index contributed by atoms with van der Waals surface area (Å²) in [6.45, 7) is 3.59. The van der Waals surface area contributed by atoms with Crippen molar-refractivity contribution < 1.29 is 24.9 Å². The number of hydrogen-bond donors (Lipinski definition) is 0. The van der Waals surface area contributed by atoms with E-state index in [0.29, 0.717) is 5.69 Å². The molecule has 0 aliphatic rings. The summed E-state index contributed by atoms with van der Waals surface area (Å²) >= 11 is 0. The summed E-state index contributed by atoms with van der Waals surface area (Å²) in [5, 5.41) is 1.98. The molecule has 0 saturated heterocycles. The number of ketones is 1. The van der Waals surface area contributed by atoms with Crippen LogP contribution in [0.15, 0.2) is 73.1 Å². The Morgan fingerprint density at radius 1 is 1.04 bits per heavy atom. The number of rotatable bonds is 2. The van der Waals surface area contributed by atoms with Crippen molar-refractivity contribution in [3.63, 3.8) is 0 Å². The molecule has 0 fully saturated rings. The molecule has 4 heteroatoms. The summed E-state index contributed by atoms with van der Waals surface area (Å²) in [5.74, 6) is 0.0243. The standard InChI is InChI=1S/C12H10N.C10H9NO.Ir/c1-10-5-7-11(8-6-10)12-4-2-3-9-13-12;1-7(12)10-9-5-3-2-4-8(9)6-11-10;/h2-7,9H,1H3;2-6H,1H3,(H,11,12);/q-1;;/p-1. The zero-order chi connectivity index (χ0) is 17.6. The van der Waals surface area contributed by atoms with Gasteiger partial charge in [0.05, 0.1) is 0 Å². The second kappa shape index (κ2) is 9.23. The first kappa shape index (κ1) is 19.8. The predicted molar refractivity (Wildman–Crippen MR) is 101 cm³/mol. The SMILES string of the molecule is CC(=O)c1[n-]cc2ccccc12.Cc1c[c-]c(-c2ccccn2)cc1.[Ir]. The number of carbonyl (C=O) groups is 1. The number of aromatic nitrogens is 2. The van der Waals surface area contributed by atoms with Crippen molar-refractivity contribution in [1.82, 2.24) is 9.97 Å². The minimum atomic E-state index is 0. The molecule has 133 valence electrons. The maximum Gasteiger partial charge on any atom is 0.138 e. The third-order valence-electron chi connectivity index (χ3n) is 3.79. The van der Waals surface area contributed by atoms with Crippen LogP contribution in [0.2, 0.25) is 0 Å². The molecular formula is C22H18IrN2O-2. The third kappa shape index (κ3) is 4.75. The van der Waals surface area contributed by atoms with E-state index in [1.165, 1.54) is 12.5 Å². The largest absolute Gasteiger partial charge is 0.660 e. The van der Waals surface area contributed by atoms with Gasteiger partial charge in [-0.05, 0) is 29.5 Å². The van der Waals surface area contributed by atoms with E-state index in [2.05, 4.69) is 29.0 Å². The Morgan fingerprint density at radius 2 is 1.81 bits per heavy atom. The van der Waals surface area contributed by atoms with E-state index in [0.717, 1.165) is 22.0 Å². The van der Waals surface area contributed by atoms with Gasteiger partial charge in [0.15, 0.2) is 0 Å². The minimum absolute atomic E-state index is 0. The monoisotopic (exact) mass is 519 g/mol. The molecule has 4 aromatic rings. The van der Waals surface area contributed by atoms with Gasteiger partial charge < -0.3 is 9.97 Å². The molecule has 3 nitrogen and oxygen atoms in total. The molecule has 1 radical (unpaired) electrons. The van der Waals surface area contributed by atoms with Crippen LogP contribution in [0.4, 0.5) is 0 Å². The summed E-state index contributed by atoms with van der Waals surface area (Å²) in [6, 6.07) is 22.9. The van der Waals surface area contributed by atoms with Crippen LogP contribution in [0.25, 0.3) is 22.0 Å². The van der Waals surface area contributed by atoms with Crippen LogP contribution in [-0.2, 0) is 20.1 Å². The molecular weight excluding hydrogens is 500 g/mol. The van der Waals surface area contributed by atoms with Crippen LogP contribution in [0.5, 0.6) is 0 Å². The summed E-state index contributed by atoms with van der Waals surface area (Å²) < 4.78 is 0. The van der Waals surface area contributed by atoms with E-state index >= 15 is 0 Å². The Labute approximate surface area is 166 Å². The molecule has 2 aromatic carbocycles. The number of aryl methyl sites for hydroxylation is 1. The average Bonchev–Trinajstić information content (AvgIpc) is 3.08. The maximum absolute atomic E-state index is 11.1. The van der Waals surface area contributed by atoms with Crippen LogP contribution < -0.4 is 4.98 Å². The van der Waals surface area contributed by atoms with Crippen LogP contribution >= 0.6 is 0 Å². The van der Waals surface area contributed by atoms with Crippen molar-refractivity contribution in [2.45, 2.75) is 13.8 Å². The van der Waals surface area contributed by atoms with Gasteiger partial charge in [-0.2, -0.15) is 6.20 Å². The van der Waals surface area contributed by atoms with Gasteiger partial charge in [0.2, 0.25) is 0 Å². The molecule has 0 unspecified atom stereocenters. The second-order valence-electron chi connectivity index (χ2n) is 5.74. The van der Waals surface area contributed by atoms with Gasteiger partial charge in [0.1, 0.15) is 5.78 Å². The number of Topliss-reactive ketones (excluding diaryl/α,β-unsaturated/α-hetero) is 1. The van der Waals surface area contributed by atoms with E-state index in [-0.39, 0.29) is 25.9 Å². The van der Waals surface area contributed by atoms with E-state index in [1.54, 1.807) is 12.4 Å². The van der Waals surface area contributed by atoms with Crippen molar-refractivity contribution in [3.8, 4) is 11.3 Å². The summed E-state index contributed by atoms with van der Waals surface area (Å²) in [4.78, 5) is 19.4. The first-order valence-electron chi connectivity index (χ1n) is 8.06. The molecule has 0 aliphatic heterocycles. The van der Waals surface area contributed by atoms with Gasteiger partial charge in [-0.15, -0.1) is 35.4 Å². The molecule has 0 bridgehead atoms. The normalized spacial score (nSPS) is 9.77. The number of hydrogen-bond acceptors (Lipinski definition) is 2. The van der Waals surface area contributed by atoms with Crippen LogP contribution in [-0.4, -0.2) is 10.8 Å². The Kier molecular flexibility index (Phi) is 7.02. The number of benzene rings is 2. The Hall–Kier alpha value is -2.55. The number of nitrogens with zero attached hydrogens (tertiary/aromatic N) is 2. The van der Waals surface area contributed by atoms with E-state index in [4.69, 9.17) is 0 Å². The number of fused-ring (bicyclic) bond motifs is 1. The first-order valence-corrected chi connectivity index (χ1v) is 8.06. The molecule has 0 N–H and O–H groups in total. The zero-order valence-corrected chi connectivity index (χ0v) is 17.0. The smallest absolute Gasteiger partial charge is 0.138 e.